The van der Waals surface area contributed by atoms with Crippen molar-refractivity contribution in [2.24, 2.45) is 0 Å². The Kier molecular flexibility index (Phi) is 5.78. The minimum absolute atomic E-state index is 0.0691. The van der Waals surface area contributed by atoms with Crippen molar-refractivity contribution in [3.63, 3.8) is 0 Å². The number of thioether (sulfide) groups is 1. The van der Waals surface area contributed by atoms with Crippen molar-refractivity contribution in [3.8, 4) is 17.3 Å². The first-order valence-corrected chi connectivity index (χ1v) is 13.5. The molecular weight excluding hydrogens is 472 g/mol. The highest BCUT2D eigenvalue weighted by atomic mass is 32.2. The van der Waals surface area contributed by atoms with E-state index in [4.69, 9.17) is 4.42 Å². The van der Waals surface area contributed by atoms with Gasteiger partial charge in [0.25, 0.3) is 0 Å². The van der Waals surface area contributed by atoms with E-state index in [0.29, 0.717) is 34.4 Å². The van der Waals surface area contributed by atoms with E-state index in [0.717, 1.165) is 11.3 Å². The van der Waals surface area contributed by atoms with Gasteiger partial charge in [-0.3, -0.25) is 13.7 Å². The summed E-state index contributed by atoms with van der Waals surface area (Å²) in [6, 6.07) is 18.3. The first kappa shape index (κ1) is 22.4. The third kappa shape index (κ3) is 4.14. The highest BCUT2D eigenvalue weighted by molar-refractivity contribution is 7.99. The van der Waals surface area contributed by atoms with Crippen molar-refractivity contribution in [3.05, 3.63) is 78.1 Å². The maximum atomic E-state index is 13.0. The topological polar surface area (TPSA) is 98.3 Å². The lowest BCUT2D eigenvalue weighted by molar-refractivity contribution is 0.102. The SMILES string of the molecule is C[C@@H]1Cc2cc(C(=O)CSc3nnc(-c4ccco4)n3-c3ccccc3)ccc2N1S(C)(=O)=O. The molecule has 1 aliphatic heterocycles. The third-order valence-corrected chi connectivity index (χ3v) is 7.83. The number of para-hydroxylation sites is 1. The number of fused-ring (bicyclic) bond motifs is 1. The molecule has 0 unspecified atom stereocenters. The van der Waals surface area contributed by atoms with Gasteiger partial charge in [0.1, 0.15) is 0 Å². The maximum absolute atomic E-state index is 13.0. The van der Waals surface area contributed by atoms with Gasteiger partial charge < -0.3 is 4.42 Å². The van der Waals surface area contributed by atoms with E-state index in [1.807, 2.05) is 47.9 Å². The number of rotatable bonds is 7. The number of benzene rings is 2. The van der Waals surface area contributed by atoms with Gasteiger partial charge in [0.05, 0.1) is 24.0 Å². The van der Waals surface area contributed by atoms with Gasteiger partial charge in [-0.2, -0.15) is 0 Å². The molecular formula is C24H22N4O4S2. The second kappa shape index (κ2) is 8.77. The third-order valence-electron chi connectivity index (χ3n) is 5.63. The molecule has 34 heavy (non-hydrogen) atoms. The Labute approximate surface area is 201 Å². The normalized spacial score (nSPS) is 15.5. The monoisotopic (exact) mass is 494 g/mol. The fourth-order valence-corrected chi connectivity index (χ4v) is 6.34. The number of Topliss-reactive ketones (excluding diaryl/α,β-unsaturated/α-hetero) is 1. The van der Waals surface area contributed by atoms with Gasteiger partial charge >= 0.3 is 0 Å². The van der Waals surface area contributed by atoms with Crippen molar-refractivity contribution in [2.45, 2.75) is 24.5 Å². The van der Waals surface area contributed by atoms with Crippen LogP contribution in [0.1, 0.15) is 22.8 Å². The van der Waals surface area contributed by atoms with Gasteiger partial charge in [0.2, 0.25) is 15.8 Å². The molecule has 5 rings (SSSR count). The molecule has 0 spiro atoms. The summed E-state index contributed by atoms with van der Waals surface area (Å²) in [6.45, 7) is 1.87. The number of furan rings is 1. The van der Waals surface area contributed by atoms with Gasteiger partial charge in [-0.05, 0) is 61.4 Å². The Bertz CT molecular complexity index is 1450. The molecule has 2 aromatic carbocycles. The Morgan fingerprint density at radius 1 is 1.12 bits per heavy atom. The van der Waals surface area contributed by atoms with Crippen LogP contribution in [-0.2, 0) is 16.4 Å². The number of hydrogen-bond acceptors (Lipinski definition) is 7. The maximum Gasteiger partial charge on any atom is 0.232 e. The molecule has 0 bridgehead atoms. The van der Waals surface area contributed by atoms with Crippen molar-refractivity contribution in [2.75, 3.05) is 16.3 Å². The number of carbonyl (C=O) groups is 1. The van der Waals surface area contributed by atoms with E-state index in [1.54, 1.807) is 30.5 Å². The summed E-state index contributed by atoms with van der Waals surface area (Å²) in [5.41, 5.74) is 2.92. The predicted octanol–water partition coefficient (Wildman–Crippen LogP) is 4.21. The van der Waals surface area contributed by atoms with Crippen LogP contribution in [0.15, 0.2) is 76.5 Å². The molecule has 1 atom stereocenters. The van der Waals surface area contributed by atoms with Crippen molar-refractivity contribution in [1.82, 2.24) is 14.8 Å². The Morgan fingerprint density at radius 2 is 1.91 bits per heavy atom. The zero-order valence-electron chi connectivity index (χ0n) is 18.6. The summed E-state index contributed by atoms with van der Waals surface area (Å²) in [6.07, 6.45) is 3.36. The van der Waals surface area contributed by atoms with E-state index < -0.39 is 10.0 Å². The van der Waals surface area contributed by atoms with Crippen molar-refractivity contribution in [1.29, 1.82) is 0 Å². The second-order valence-electron chi connectivity index (χ2n) is 8.12. The standard InChI is InChI=1S/C24H22N4O4S2/c1-16-13-18-14-17(10-11-20(18)28(16)34(2,30)31)21(29)15-33-24-26-25-23(22-9-6-12-32-22)27(24)19-7-4-3-5-8-19/h3-12,14,16H,13,15H2,1-2H3/t16-/m1/s1. The Morgan fingerprint density at radius 3 is 2.62 bits per heavy atom. The van der Waals surface area contributed by atoms with E-state index in [-0.39, 0.29) is 17.6 Å². The number of ketones is 1. The molecule has 2 aromatic heterocycles. The van der Waals surface area contributed by atoms with Gasteiger partial charge in [0.15, 0.2) is 16.7 Å². The zero-order chi connectivity index (χ0) is 23.9. The predicted molar refractivity (Wildman–Crippen MR) is 131 cm³/mol. The number of sulfonamides is 1. The van der Waals surface area contributed by atoms with Crippen LogP contribution >= 0.6 is 11.8 Å². The van der Waals surface area contributed by atoms with E-state index in [1.165, 1.54) is 22.3 Å². The Hall–Kier alpha value is -3.37. The molecule has 0 saturated heterocycles. The molecule has 0 N–H and O–H groups in total. The lowest BCUT2D eigenvalue weighted by atomic mass is 10.0. The van der Waals surface area contributed by atoms with Crippen LogP contribution in [0.3, 0.4) is 0 Å². The number of carbonyl (C=O) groups excluding carboxylic acids is 1. The van der Waals surface area contributed by atoms with Crippen LogP contribution in [0.2, 0.25) is 0 Å². The lowest BCUT2D eigenvalue weighted by Crippen LogP contribution is -2.34. The number of hydrogen-bond donors (Lipinski definition) is 0. The summed E-state index contributed by atoms with van der Waals surface area (Å²) in [5, 5.41) is 9.18. The van der Waals surface area contributed by atoms with E-state index in [9.17, 15) is 13.2 Å². The summed E-state index contributed by atoms with van der Waals surface area (Å²) < 4.78 is 33.1. The van der Waals surface area contributed by atoms with Crippen LogP contribution in [0.4, 0.5) is 5.69 Å². The average molecular weight is 495 g/mol. The average Bonchev–Trinajstić information content (AvgIpc) is 3.54. The summed E-state index contributed by atoms with van der Waals surface area (Å²) in [5.74, 6) is 1.23. The molecule has 1 aliphatic rings. The molecule has 8 nitrogen and oxygen atoms in total. The second-order valence-corrected chi connectivity index (χ2v) is 10.9. The summed E-state index contributed by atoms with van der Waals surface area (Å²) in [7, 11) is -3.37. The largest absolute Gasteiger partial charge is 0.461 e. The molecule has 0 radical (unpaired) electrons. The minimum atomic E-state index is -3.37. The van der Waals surface area contributed by atoms with Gasteiger partial charge in [0, 0.05) is 17.3 Å². The van der Waals surface area contributed by atoms with Crippen molar-refractivity contribution < 1.29 is 17.6 Å². The van der Waals surface area contributed by atoms with Crippen molar-refractivity contribution >= 4 is 33.3 Å². The summed E-state index contributed by atoms with van der Waals surface area (Å²) >= 11 is 1.29. The molecule has 3 heterocycles. The van der Waals surface area contributed by atoms with E-state index >= 15 is 0 Å². The number of anilines is 1. The van der Waals surface area contributed by atoms with Gasteiger partial charge in [-0.15, -0.1) is 10.2 Å². The molecule has 0 amide bonds. The van der Waals surface area contributed by atoms with Crippen LogP contribution in [0, 0.1) is 0 Å². The fraction of sp³-hybridized carbons (Fsp3) is 0.208. The summed E-state index contributed by atoms with van der Waals surface area (Å²) in [4.78, 5) is 13.0. The smallest absolute Gasteiger partial charge is 0.232 e. The molecule has 10 heteroatoms. The first-order chi connectivity index (χ1) is 16.3. The highest BCUT2D eigenvalue weighted by Gasteiger charge is 2.32. The molecule has 0 aliphatic carbocycles. The lowest BCUT2D eigenvalue weighted by Gasteiger charge is -2.21. The van der Waals surface area contributed by atoms with E-state index in [2.05, 4.69) is 10.2 Å². The van der Waals surface area contributed by atoms with Crippen LogP contribution < -0.4 is 4.31 Å². The number of aromatic nitrogens is 3. The minimum Gasteiger partial charge on any atom is -0.461 e. The molecule has 4 aromatic rings. The van der Waals surface area contributed by atoms with Gasteiger partial charge in [-0.1, -0.05) is 30.0 Å². The number of nitrogens with zero attached hydrogens (tertiary/aromatic N) is 4. The zero-order valence-corrected chi connectivity index (χ0v) is 20.2. The van der Waals surface area contributed by atoms with Crippen LogP contribution in [-0.4, -0.2) is 47.0 Å². The fourth-order valence-electron chi connectivity index (χ4n) is 4.23. The highest BCUT2D eigenvalue weighted by Crippen LogP contribution is 2.35. The van der Waals surface area contributed by atoms with Crippen LogP contribution in [0.5, 0.6) is 0 Å². The Balaban J connectivity index is 1.40. The molecule has 0 fully saturated rings. The van der Waals surface area contributed by atoms with Crippen LogP contribution in [0.25, 0.3) is 17.3 Å². The molecule has 174 valence electrons. The molecule has 0 saturated carbocycles. The van der Waals surface area contributed by atoms with Gasteiger partial charge in [-0.25, -0.2) is 8.42 Å². The first-order valence-electron chi connectivity index (χ1n) is 10.7. The quantitative estimate of drug-likeness (QED) is 0.280.